The molecule has 2 aliphatic rings. The molecule has 1 aliphatic heterocycles. The Morgan fingerprint density at radius 3 is 2.27 bits per heavy atom. The number of amides is 2. The van der Waals surface area contributed by atoms with Crippen LogP contribution in [0, 0.1) is 17.3 Å². The van der Waals surface area contributed by atoms with Gasteiger partial charge in [-0.15, -0.1) is 0 Å². The number of rotatable bonds is 3. The number of hydrogen-bond acceptors (Lipinski definition) is 4. The van der Waals surface area contributed by atoms with E-state index in [9.17, 15) is 14.7 Å². The van der Waals surface area contributed by atoms with E-state index in [0.717, 1.165) is 4.90 Å². The third-order valence-corrected chi connectivity index (χ3v) is 3.56. The van der Waals surface area contributed by atoms with Gasteiger partial charge in [0.15, 0.2) is 0 Å². The molecule has 5 nitrogen and oxygen atoms in total. The van der Waals surface area contributed by atoms with Crippen molar-refractivity contribution in [3.8, 4) is 0 Å². The molecular formula is C10H16N2O3. The molecule has 3 atom stereocenters. The molecule has 2 rings (SSSR count). The fourth-order valence-electron chi connectivity index (χ4n) is 2.47. The second-order valence-corrected chi connectivity index (χ2v) is 4.95. The number of carbonyl (C=O) groups is 2. The zero-order chi connectivity index (χ0) is 11.4. The fraction of sp³-hybridized carbons (Fsp3) is 0.800. The van der Waals surface area contributed by atoms with Crippen LogP contribution in [0.5, 0.6) is 0 Å². The van der Waals surface area contributed by atoms with Crippen molar-refractivity contribution in [3.05, 3.63) is 0 Å². The Hall–Kier alpha value is -0.940. The standard InChI is InChI=1S/C10H16N2O3/c1-10(2)6-7(10)9(15)12(8(6)14)4-5(13)3-11/h5-7,13H,3-4,11H2,1-2H3. The third kappa shape index (κ3) is 1.30. The van der Waals surface area contributed by atoms with Crippen LogP contribution in [0.4, 0.5) is 0 Å². The number of fused-ring (bicyclic) bond motifs is 1. The first kappa shape index (κ1) is 10.6. The number of nitrogens with zero attached hydrogens (tertiary/aromatic N) is 1. The van der Waals surface area contributed by atoms with Crippen molar-refractivity contribution in [2.75, 3.05) is 13.1 Å². The molecule has 3 unspecified atom stereocenters. The summed E-state index contributed by atoms with van der Waals surface area (Å²) in [5.41, 5.74) is 5.06. The van der Waals surface area contributed by atoms with Crippen LogP contribution >= 0.6 is 0 Å². The van der Waals surface area contributed by atoms with Gasteiger partial charge in [0.2, 0.25) is 11.8 Å². The van der Waals surface area contributed by atoms with Crippen molar-refractivity contribution < 1.29 is 14.7 Å². The number of imide groups is 1. The normalized spacial score (nSPS) is 34.3. The summed E-state index contributed by atoms with van der Waals surface area (Å²) in [6.45, 7) is 3.96. The van der Waals surface area contributed by atoms with Crippen LogP contribution in [0.25, 0.3) is 0 Å². The van der Waals surface area contributed by atoms with E-state index in [-0.39, 0.29) is 42.2 Å². The topological polar surface area (TPSA) is 83.6 Å². The molecule has 3 N–H and O–H groups in total. The highest BCUT2D eigenvalue weighted by atomic mass is 16.3. The van der Waals surface area contributed by atoms with E-state index in [1.165, 1.54) is 0 Å². The molecule has 0 spiro atoms. The third-order valence-electron chi connectivity index (χ3n) is 3.56. The van der Waals surface area contributed by atoms with E-state index >= 15 is 0 Å². The quantitative estimate of drug-likeness (QED) is 0.584. The maximum absolute atomic E-state index is 11.8. The number of carbonyl (C=O) groups excluding carboxylic acids is 2. The van der Waals surface area contributed by atoms with Crippen LogP contribution in [-0.2, 0) is 9.59 Å². The molecule has 1 heterocycles. The van der Waals surface area contributed by atoms with Gasteiger partial charge in [0.25, 0.3) is 0 Å². The van der Waals surface area contributed by atoms with Gasteiger partial charge in [0.05, 0.1) is 24.5 Å². The highest BCUT2D eigenvalue weighted by Crippen LogP contribution is 2.63. The van der Waals surface area contributed by atoms with Gasteiger partial charge in [-0.05, 0) is 5.41 Å². The van der Waals surface area contributed by atoms with E-state index in [1.54, 1.807) is 0 Å². The molecule has 5 heteroatoms. The SMILES string of the molecule is CC1(C)C2C(=O)N(CC(O)CN)C(=O)C21. The van der Waals surface area contributed by atoms with Crippen molar-refractivity contribution in [1.29, 1.82) is 0 Å². The van der Waals surface area contributed by atoms with E-state index in [0.29, 0.717) is 0 Å². The van der Waals surface area contributed by atoms with Gasteiger partial charge >= 0.3 is 0 Å². The predicted molar refractivity (Wildman–Crippen MR) is 52.5 cm³/mol. The Kier molecular flexibility index (Phi) is 2.13. The van der Waals surface area contributed by atoms with Gasteiger partial charge in [-0.1, -0.05) is 13.8 Å². The minimum Gasteiger partial charge on any atom is -0.390 e. The van der Waals surface area contributed by atoms with Crippen LogP contribution in [0.2, 0.25) is 0 Å². The fourth-order valence-corrected chi connectivity index (χ4v) is 2.47. The van der Waals surface area contributed by atoms with E-state index in [1.807, 2.05) is 13.8 Å². The van der Waals surface area contributed by atoms with Crippen molar-refractivity contribution in [1.82, 2.24) is 4.90 Å². The van der Waals surface area contributed by atoms with E-state index in [4.69, 9.17) is 5.73 Å². The van der Waals surface area contributed by atoms with Crippen molar-refractivity contribution in [2.45, 2.75) is 20.0 Å². The molecule has 2 amide bonds. The summed E-state index contributed by atoms with van der Waals surface area (Å²) in [7, 11) is 0. The molecule has 15 heavy (non-hydrogen) atoms. The molecule has 84 valence electrons. The van der Waals surface area contributed by atoms with Crippen LogP contribution in [0.1, 0.15) is 13.8 Å². The smallest absolute Gasteiger partial charge is 0.233 e. The number of aliphatic hydroxyl groups excluding tert-OH is 1. The summed E-state index contributed by atoms with van der Waals surface area (Å²) in [6, 6.07) is 0. The number of aliphatic hydroxyl groups is 1. The Bertz CT molecular complexity index is 303. The minimum absolute atomic E-state index is 0.0389. The zero-order valence-corrected chi connectivity index (χ0v) is 8.93. The van der Waals surface area contributed by atoms with Crippen LogP contribution < -0.4 is 5.73 Å². The lowest BCUT2D eigenvalue weighted by atomic mass is 10.1. The molecule has 1 aliphatic carbocycles. The first-order chi connectivity index (χ1) is 6.91. The van der Waals surface area contributed by atoms with Gasteiger partial charge in [-0.3, -0.25) is 14.5 Å². The second-order valence-electron chi connectivity index (χ2n) is 4.95. The average Bonchev–Trinajstić information content (AvgIpc) is 2.64. The van der Waals surface area contributed by atoms with Crippen LogP contribution in [0.15, 0.2) is 0 Å². The Morgan fingerprint density at radius 2 is 1.87 bits per heavy atom. The molecule has 0 radical (unpaired) electrons. The molecule has 2 fully saturated rings. The lowest BCUT2D eigenvalue weighted by molar-refractivity contribution is -0.144. The van der Waals surface area contributed by atoms with Gasteiger partial charge in [-0.2, -0.15) is 0 Å². The van der Waals surface area contributed by atoms with Crippen LogP contribution in [0.3, 0.4) is 0 Å². The van der Waals surface area contributed by atoms with Crippen LogP contribution in [-0.4, -0.2) is 41.0 Å². The molecule has 0 aromatic rings. The first-order valence-electron chi connectivity index (χ1n) is 5.14. The summed E-state index contributed by atoms with van der Waals surface area (Å²) in [6.07, 6.45) is -0.807. The molecule has 0 aromatic carbocycles. The maximum atomic E-state index is 11.8. The second kappa shape index (κ2) is 3.02. The van der Waals surface area contributed by atoms with E-state index < -0.39 is 6.10 Å². The van der Waals surface area contributed by atoms with Gasteiger partial charge in [0, 0.05) is 6.54 Å². The number of hydrogen-bond donors (Lipinski definition) is 2. The molecular weight excluding hydrogens is 196 g/mol. The highest BCUT2D eigenvalue weighted by Gasteiger charge is 2.72. The Morgan fingerprint density at radius 1 is 1.40 bits per heavy atom. The molecule has 1 saturated heterocycles. The summed E-state index contributed by atoms with van der Waals surface area (Å²) < 4.78 is 0. The Labute approximate surface area is 88.2 Å². The molecule has 0 bridgehead atoms. The maximum Gasteiger partial charge on any atom is 0.233 e. The molecule has 1 saturated carbocycles. The number of likely N-dealkylation sites (tertiary alicyclic amines) is 1. The van der Waals surface area contributed by atoms with Gasteiger partial charge < -0.3 is 10.8 Å². The zero-order valence-electron chi connectivity index (χ0n) is 8.93. The largest absolute Gasteiger partial charge is 0.390 e. The highest BCUT2D eigenvalue weighted by molar-refractivity contribution is 6.10. The van der Waals surface area contributed by atoms with E-state index in [2.05, 4.69) is 0 Å². The average molecular weight is 212 g/mol. The lowest BCUT2D eigenvalue weighted by Crippen LogP contribution is -2.43. The summed E-state index contributed by atoms with van der Waals surface area (Å²) in [5, 5.41) is 9.31. The number of piperidine rings is 1. The monoisotopic (exact) mass is 212 g/mol. The summed E-state index contributed by atoms with van der Waals surface area (Å²) in [4.78, 5) is 24.7. The minimum atomic E-state index is -0.807. The Balaban J connectivity index is 2.08. The van der Waals surface area contributed by atoms with Crippen molar-refractivity contribution in [3.63, 3.8) is 0 Å². The molecule has 0 aromatic heterocycles. The summed E-state index contributed by atoms with van der Waals surface area (Å²) in [5.74, 6) is -0.644. The van der Waals surface area contributed by atoms with Crippen molar-refractivity contribution in [2.24, 2.45) is 23.0 Å². The van der Waals surface area contributed by atoms with Gasteiger partial charge in [-0.25, -0.2) is 0 Å². The number of β-amino-alcohol motifs (C(OH)–C–C–N with tert-alkyl or cyclic N) is 1. The van der Waals surface area contributed by atoms with Crippen molar-refractivity contribution >= 4 is 11.8 Å². The first-order valence-corrected chi connectivity index (χ1v) is 5.14. The number of nitrogens with two attached hydrogens (primary N) is 1. The van der Waals surface area contributed by atoms with Gasteiger partial charge in [0.1, 0.15) is 0 Å². The summed E-state index contributed by atoms with van der Waals surface area (Å²) >= 11 is 0. The lowest BCUT2D eigenvalue weighted by Gasteiger charge is -2.22. The predicted octanol–water partition coefficient (Wildman–Crippen LogP) is -1.05.